The first-order chi connectivity index (χ1) is 14.4. The summed E-state index contributed by atoms with van der Waals surface area (Å²) < 4.78 is 15.1. The largest absolute Gasteiger partial charge is 0.348 e. The van der Waals surface area contributed by atoms with Crippen molar-refractivity contribution in [1.82, 2.24) is 24.5 Å². The van der Waals surface area contributed by atoms with Crippen LogP contribution in [0.5, 0.6) is 0 Å². The molecule has 0 radical (unpaired) electrons. The van der Waals surface area contributed by atoms with Crippen molar-refractivity contribution in [3.8, 4) is 0 Å². The van der Waals surface area contributed by atoms with Crippen LogP contribution < -0.4 is 0 Å². The Balaban J connectivity index is 1.53. The van der Waals surface area contributed by atoms with Gasteiger partial charge in [-0.2, -0.15) is 5.10 Å². The van der Waals surface area contributed by atoms with Gasteiger partial charge >= 0.3 is 0 Å². The Hall–Kier alpha value is -2.25. The van der Waals surface area contributed by atoms with Crippen LogP contribution in [-0.4, -0.2) is 70.7 Å². The van der Waals surface area contributed by atoms with E-state index in [0.29, 0.717) is 0 Å². The van der Waals surface area contributed by atoms with Crippen LogP contribution in [0.25, 0.3) is 0 Å². The highest BCUT2D eigenvalue weighted by atomic mass is 19.1. The van der Waals surface area contributed by atoms with Crippen molar-refractivity contribution in [3.05, 3.63) is 53.6 Å². The molecule has 0 N–H and O–H groups in total. The third-order valence-corrected chi connectivity index (χ3v) is 6.66. The van der Waals surface area contributed by atoms with Crippen molar-refractivity contribution < 1.29 is 9.18 Å². The molecule has 2 aromatic rings. The number of hydrogen-bond acceptors (Lipinski definition) is 4. The van der Waals surface area contributed by atoms with Gasteiger partial charge in [-0.15, -0.1) is 0 Å². The number of fused-ring (bicyclic) bond motifs is 1. The SMILES string of the molecule is CN(C)C(=O)[C@]12CCCN(Cc3ccc(F)cc3)C[C@H]1CN(Cc1cnn(C)c1)C2. The second kappa shape index (κ2) is 8.47. The Labute approximate surface area is 178 Å². The van der Waals surface area contributed by atoms with Gasteiger partial charge < -0.3 is 4.90 Å². The molecule has 6 nitrogen and oxygen atoms in total. The molecular weight excluding hydrogens is 381 g/mol. The average Bonchev–Trinajstić information content (AvgIpc) is 3.22. The van der Waals surface area contributed by atoms with E-state index in [-0.39, 0.29) is 23.1 Å². The van der Waals surface area contributed by atoms with Crippen LogP contribution in [-0.2, 0) is 24.9 Å². The Morgan fingerprint density at radius 3 is 2.53 bits per heavy atom. The van der Waals surface area contributed by atoms with Crippen LogP contribution in [0, 0.1) is 17.2 Å². The predicted octanol–water partition coefficient (Wildman–Crippen LogP) is 2.36. The van der Waals surface area contributed by atoms with Crippen LogP contribution in [0.15, 0.2) is 36.7 Å². The van der Waals surface area contributed by atoms with Gasteiger partial charge in [0.1, 0.15) is 5.82 Å². The maximum absolute atomic E-state index is 13.4. The number of benzene rings is 1. The number of hydrogen-bond donors (Lipinski definition) is 0. The number of likely N-dealkylation sites (tertiary alicyclic amines) is 2. The molecule has 2 aliphatic heterocycles. The van der Waals surface area contributed by atoms with E-state index in [9.17, 15) is 9.18 Å². The van der Waals surface area contributed by atoms with Crippen molar-refractivity contribution in [2.24, 2.45) is 18.4 Å². The fourth-order valence-corrected chi connectivity index (χ4v) is 5.33. The molecule has 7 heteroatoms. The number of rotatable bonds is 5. The molecule has 162 valence electrons. The molecule has 0 unspecified atom stereocenters. The monoisotopic (exact) mass is 413 g/mol. The Bertz CT molecular complexity index is 880. The maximum atomic E-state index is 13.4. The first-order valence-corrected chi connectivity index (χ1v) is 10.7. The minimum absolute atomic E-state index is 0.202. The molecule has 2 fully saturated rings. The van der Waals surface area contributed by atoms with Crippen LogP contribution in [0.1, 0.15) is 24.0 Å². The summed E-state index contributed by atoms with van der Waals surface area (Å²) in [5.41, 5.74) is 1.97. The Morgan fingerprint density at radius 1 is 1.17 bits per heavy atom. The lowest BCUT2D eigenvalue weighted by molar-refractivity contribution is -0.141. The number of carbonyl (C=O) groups is 1. The van der Waals surface area contributed by atoms with Crippen molar-refractivity contribution >= 4 is 5.91 Å². The molecule has 2 atom stereocenters. The number of amides is 1. The quantitative estimate of drug-likeness (QED) is 0.755. The second-order valence-electron chi connectivity index (χ2n) is 9.21. The highest BCUT2D eigenvalue weighted by Crippen LogP contribution is 2.44. The molecule has 1 amide bonds. The van der Waals surface area contributed by atoms with Gasteiger partial charge in [0.2, 0.25) is 5.91 Å². The predicted molar refractivity (Wildman–Crippen MR) is 114 cm³/mol. The summed E-state index contributed by atoms with van der Waals surface area (Å²) in [5.74, 6) is 0.337. The van der Waals surface area contributed by atoms with Gasteiger partial charge in [-0.3, -0.25) is 19.3 Å². The molecule has 1 aromatic heterocycles. The molecule has 0 bridgehead atoms. The topological polar surface area (TPSA) is 44.6 Å². The molecule has 1 aromatic carbocycles. The number of carbonyl (C=O) groups excluding carboxylic acids is 1. The fourth-order valence-electron chi connectivity index (χ4n) is 5.33. The first-order valence-electron chi connectivity index (χ1n) is 10.7. The molecule has 30 heavy (non-hydrogen) atoms. The Morgan fingerprint density at radius 2 is 1.87 bits per heavy atom. The summed E-state index contributed by atoms with van der Waals surface area (Å²) >= 11 is 0. The van der Waals surface area contributed by atoms with E-state index in [2.05, 4.69) is 21.1 Å². The lowest BCUT2D eigenvalue weighted by atomic mass is 9.74. The van der Waals surface area contributed by atoms with Gasteiger partial charge in [-0.05, 0) is 43.0 Å². The second-order valence-corrected chi connectivity index (χ2v) is 9.21. The highest BCUT2D eigenvalue weighted by Gasteiger charge is 2.53. The summed E-state index contributed by atoms with van der Waals surface area (Å²) in [6, 6.07) is 6.78. The smallest absolute Gasteiger partial charge is 0.229 e. The first kappa shape index (κ1) is 21.0. The van der Waals surface area contributed by atoms with Gasteiger partial charge in [-0.25, -0.2) is 4.39 Å². The van der Waals surface area contributed by atoms with Crippen LogP contribution >= 0.6 is 0 Å². The van der Waals surface area contributed by atoms with Crippen LogP contribution in [0.4, 0.5) is 4.39 Å². The number of halogens is 1. The van der Waals surface area contributed by atoms with E-state index >= 15 is 0 Å². The van der Waals surface area contributed by atoms with E-state index < -0.39 is 0 Å². The zero-order valence-corrected chi connectivity index (χ0v) is 18.2. The minimum atomic E-state index is -0.330. The van der Waals surface area contributed by atoms with Crippen LogP contribution in [0.2, 0.25) is 0 Å². The van der Waals surface area contributed by atoms with E-state index in [1.807, 2.05) is 44.2 Å². The normalized spacial score (nSPS) is 25.1. The van der Waals surface area contributed by atoms with Gasteiger partial charge in [-0.1, -0.05) is 12.1 Å². The standard InChI is InChI=1S/C23H32FN5O/c1-26(2)22(30)23-9-4-10-28(13-18-5-7-21(24)8-6-18)15-20(23)16-29(17-23)14-19-11-25-27(3)12-19/h5-8,11-12,20H,4,9-10,13-17H2,1-3H3/t20-,23-/m0/s1. The van der Waals surface area contributed by atoms with Crippen LogP contribution in [0.3, 0.4) is 0 Å². The van der Waals surface area contributed by atoms with E-state index in [4.69, 9.17) is 0 Å². The van der Waals surface area contributed by atoms with Crippen molar-refractivity contribution in [2.45, 2.75) is 25.9 Å². The van der Waals surface area contributed by atoms with E-state index in [1.165, 1.54) is 17.7 Å². The summed E-state index contributed by atoms with van der Waals surface area (Å²) in [5, 5.41) is 4.29. The molecule has 4 rings (SSSR count). The summed E-state index contributed by atoms with van der Waals surface area (Å²) in [6.45, 7) is 5.19. The van der Waals surface area contributed by atoms with Gasteiger partial charge in [0.05, 0.1) is 11.6 Å². The molecular formula is C23H32FN5O. The molecule has 0 aliphatic carbocycles. The third-order valence-electron chi connectivity index (χ3n) is 6.66. The third kappa shape index (κ3) is 4.27. The van der Waals surface area contributed by atoms with E-state index in [0.717, 1.165) is 57.7 Å². The number of aromatic nitrogens is 2. The zero-order valence-electron chi connectivity index (χ0n) is 18.2. The molecule has 3 heterocycles. The van der Waals surface area contributed by atoms with Crippen molar-refractivity contribution in [3.63, 3.8) is 0 Å². The average molecular weight is 414 g/mol. The molecule has 2 saturated heterocycles. The fraction of sp³-hybridized carbons (Fsp3) is 0.565. The zero-order chi connectivity index (χ0) is 21.3. The van der Waals surface area contributed by atoms with E-state index in [1.54, 1.807) is 4.90 Å². The highest BCUT2D eigenvalue weighted by molar-refractivity contribution is 5.83. The number of aryl methyl sites for hydroxylation is 1. The molecule has 2 aliphatic rings. The van der Waals surface area contributed by atoms with Gasteiger partial charge in [0.25, 0.3) is 0 Å². The summed E-state index contributed by atoms with van der Waals surface area (Å²) in [6.07, 6.45) is 5.88. The lowest BCUT2D eigenvalue weighted by Gasteiger charge is -2.35. The maximum Gasteiger partial charge on any atom is 0.229 e. The van der Waals surface area contributed by atoms with Crippen molar-refractivity contribution in [1.29, 1.82) is 0 Å². The Kier molecular flexibility index (Phi) is 5.93. The molecule has 0 saturated carbocycles. The molecule has 0 spiro atoms. The van der Waals surface area contributed by atoms with Gasteiger partial charge in [0.15, 0.2) is 0 Å². The number of nitrogens with zero attached hydrogens (tertiary/aromatic N) is 5. The lowest BCUT2D eigenvalue weighted by Crippen LogP contribution is -2.47. The summed E-state index contributed by atoms with van der Waals surface area (Å²) in [4.78, 5) is 20.0. The minimum Gasteiger partial charge on any atom is -0.348 e. The van der Waals surface area contributed by atoms with Crippen molar-refractivity contribution in [2.75, 3.05) is 40.3 Å². The van der Waals surface area contributed by atoms with Gasteiger partial charge in [0, 0.05) is 65.6 Å². The summed E-state index contributed by atoms with van der Waals surface area (Å²) in [7, 11) is 5.68.